The molecule has 0 aliphatic heterocycles. The number of para-hydroxylation sites is 1. The van der Waals surface area contributed by atoms with Crippen LogP contribution in [0.25, 0.3) is 0 Å². The Bertz CT molecular complexity index is 684. The lowest BCUT2D eigenvalue weighted by molar-refractivity contribution is -0.120. The molecule has 2 aromatic carbocycles. The third-order valence-electron chi connectivity index (χ3n) is 3.96. The smallest absolute Gasteiger partial charge is 0.251 e. The van der Waals surface area contributed by atoms with Gasteiger partial charge in [0.1, 0.15) is 0 Å². The molecule has 0 radical (unpaired) electrons. The first-order valence-corrected chi connectivity index (χ1v) is 7.88. The van der Waals surface area contributed by atoms with Crippen molar-refractivity contribution in [3.8, 4) is 0 Å². The van der Waals surface area contributed by atoms with Crippen LogP contribution in [0.3, 0.4) is 0 Å². The second-order valence-corrected chi connectivity index (χ2v) is 5.72. The van der Waals surface area contributed by atoms with Crippen molar-refractivity contribution < 1.29 is 9.59 Å². The average molecular weight is 325 g/mol. The first kappa shape index (κ1) is 17.7. The molecule has 24 heavy (non-hydrogen) atoms. The lowest BCUT2D eigenvalue weighted by Crippen LogP contribution is -2.39. The maximum Gasteiger partial charge on any atom is 0.251 e. The Hall–Kier alpha value is -2.66. The van der Waals surface area contributed by atoms with Gasteiger partial charge in [0.2, 0.25) is 5.91 Å². The van der Waals surface area contributed by atoms with E-state index in [-0.39, 0.29) is 17.9 Å². The van der Waals surface area contributed by atoms with Crippen molar-refractivity contribution in [1.82, 2.24) is 10.2 Å². The van der Waals surface area contributed by atoms with Crippen molar-refractivity contribution in [3.05, 3.63) is 65.7 Å². The maximum absolute atomic E-state index is 12.3. The van der Waals surface area contributed by atoms with E-state index in [4.69, 9.17) is 0 Å². The minimum Gasteiger partial charge on any atom is -0.355 e. The Labute approximate surface area is 142 Å². The zero-order chi connectivity index (χ0) is 17.5. The first-order valence-electron chi connectivity index (χ1n) is 7.88. The number of nitrogens with zero attached hydrogens (tertiary/aromatic N) is 1. The van der Waals surface area contributed by atoms with E-state index in [1.807, 2.05) is 61.3 Å². The van der Waals surface area contributed by atoms with E-state index >= 15 is 0 Å². The number of nitrogens with one attached hydrogen (secondary N) is 2. The van der Waals surface area contributed by atoms with Crippen LogP contribution in [-0.2, 0) is 11.3 Å². The van der Waals surface area contributed by atoms with Crippen LogP contribution in [0.15, 0.2) is 54.6 Å². The number of carbonyl (C=O) groups excluding carboxylic acids is 2. The summed E-state index contributed by atoms with van der Waals surface area (Å²) >= 11 is 0. The molecule has 2 amide bonds. The topological polar surface area (TPSA) is 61.4 Å². The van der Waals surface area contributed by atoms with Crippen LogP contribution in [0.5, 0.6) is 0 Å². The quantitative estimate of drug-likeness (QED) is 0.858. The summed E-state index contributed by atoms with van der Waals surface area (Å²) in [5, 5.41) is 5.50. The minimum atomic E-state index is -0.274. The Balaban J connectivity index is 1.94. The Morgan fingerprint density at radius 2 is 1.67 bits per heavy atom. The van der Waals surface area contributed by atoms with E-state index in [0.29, 0.717) is 12.1 Å². The molecule has 0 saturated carbocycles. The first-order chi connectivity index (χ1) is 11.5. The van der Waals surface area contributed by atoms with E-state index in [1.165, 1.54) is 0 Å². The predicted molar refractivity (Wildman–Crippen MR) is 95.8 cm³/mol. The lowest BCUT2D eigenvalue weighted by atomic mass is 10.1. The summed E-state index contributed by atoms with van der Waals surface area (Å²) in [6.07, 6.45) is 0. The zero-order valence-electron chi connectivity index (χ0n) is 14.2. The minimum absolute atomic E-state index is 0.0503. The molecule has 0 heterocycles. The molecule has 0 bridgehead atoms. The zero-order valence-corrected chi connectivity index (χ0v) is 14.2. The van der Waals surface area contributed by atoms with Gasteiger partial charge in [-0.2, -0.15) is 0 Å². The van der Waals surface area contributed by atoms with E-state index in [2.05, 4.69) is 10.6 Å². The molecule has 0 aliphatic rings. The molecule has 0 unspecified atom stereocenters. The highest BCUT2D eigenvalue weighted by Gasteiger charge is 2.18. The second kappa shape index (κ2) is 8.26. The fraction of sp³-hybridized carbons (Fsp3) is 0.263. The van der Waals surface area contributed by atoms with Gasteiger partial charge in [0.05, 0.1) is 6.04 Å². The molecule has 2 N–H and O–H groups in total. The van der Waals surface area contributed by atoms with Gasteiger partial charge < -0.3 is 10.6 Å². The summed E-state index contributed by atoms with van der Waals surface area (Å²) in [6.45, 7) is 2.49. The van der Waals surface area contributed by atoms with Crippen LogP contribution in [-0.4, -0.2) is 36.9 Å². The fourth-order valence-corrected chi connectivity index (χ4v) is 2.30. The van der Waals surface area contributed by atoms with Crippen LogP contribution >= 0.6 is 0 Å². The number of carbonyl (C=O) groups is 2. The number of anilines is 1. The van der Waals surface area contributed by atoms with Crippen LogP contribution in [0.2, 0.25) is 0 Å². The van der Waals surface area contributed by atoms with Gasteiger partial charge in [0.15, 0.2) is 0 Å². The van der Waals surface area contributed by atoms with Gasteiger partial charge in [0, 0.05) is 24.8 Å². The molecule has 0 spiro atoms. The van der Waals surface area contributed by atoms with Gasteiger partial charge in [-0.05, 0) is 43.8 Å². The van der Waals surface area contributed by atoms with Crippen molar-refractivity contribution in [3.63, 3.8) is 0 Å². The van der Waals surface area contributed by atoms with E-state index in [9.17, 15) is 9.59 Å². The lowest BCUT2D eigenvalue weighted by Gasteiger charge is -2.24. The molecule has 126 valence electrons. The van der Waals surface area contributed by atoms with E-state index in [0.717, 1.165) is 11.3 Å². The largest absolute Gasteiger partial charge is 0.355 e. The van der Waals surface area contributed by atoms with Crippen LogP contribution in [0, 0.1) is 0 Å². The Morgan fingerprint density at radius 3 is 2.25 bits per heavy atom. The maximum atomic E-state index is 12.3. The number of amides is 2. The van der Waals surface area contributed by atoms with Crippen LogP contribution < -0.4 is 10.6 Å². The Morgan fingerprint density at radius 1 is 1.04 bits per heavy atom. The number of rotatable bonds is 6. The van der Waals surface area contributed by atoms with Gasteiger partial charge in [-0.15, -0.1) is 0 Å². The van der Waals surface area contributed by atoms with Crippen LogP contribution in [0.1, 0.15) is 22.8 Å². The fourth-order valence-electron chi connectivity index (χ4n) is 2.30. The average Bonchev–Trinajstić information content (AvgIpc) is 2.61. The molecular weight excluding hydrogens is 302 g/mol. The molecule has 0 fully saturated rings. The molecule has 0 saturated heterocycles. The van der Waals surface area contributed by atoms with Crippen molar-refractivity contribution >= 4 is 17.5 Å². The summed E-state index contributed by atoms with van der Waals surface area (Å²) in [4.78, 5) is 25.8. The molecule has 0 aromatic heterocycles. The van der Waals surface area contributed by atoms with Crippen molar-refractivity contribution in [2.75, 3.05) is 19.4 Å². The molecule has 1 atom stereocenters. The molecule has 5 heteroatoms. The van der Waals surface area contributed by atoms with E-state index in [1.54, 1.807) is 19.2 Å². The monoisotopic (exact) mass is 325 g/mol. The Kier molecular flexibility index (Phi) is 6.09. The van der Waals surface area contributed by atoms with Gasteiger partial charge in [0.25, 0.3) is 5.91 Å². The van der Waals surface area contributed by atoms with Crippen molar-refractivity contribution in [2.45, 2.75) is 19.5 Å². The number of hydrogen-bond donors (Lipinski definition) is 2. The normalized spacial score (nSPS) is 11.8. The number of benzene rings is 2. The third kappa shape index (κ3) is 4.67. The SMILES string of the molecule is CNC(=O)c1ccc(CN(C)[C@H](C)C(=O)Nc2ccccc2)cc1. The van der Waals surface area contributed by atoms with Gasteiger partial charge in [-0.1, -0.05) is 30.3 Å². The summed E-state index contributed by atoms with van der Waals surface area (Å²) in [5.74, 6) is -0.156. The molecular formula is C19H23N3O2. The van der Waals surface area contributed by atoms with Gasteiger partial charge in [-0.25, -0.2) is 0 Å². The van der Waals surface area contributed by atoms with E-state index < -0.39 is 0 Å². The highest BCUT2D eigenvalue weighted by molar-refractivity contribution is 5.94. The predicted octanol–water partition coefficient (Wildman–Crippen LogP) is 2.51. The van der Waals surface area contributed by atoms with Crippen molar-refractivity contribution in [1.29, 1.82) is 0 Å². The highest BCUT2D eigenvalue weighted by atomic mass is 16.2. The van der Waals surface area contributed by atoms with Gasteiger partial charge >= 0.3 is 0 Å². The summed E-state index contributed by atoms with van der Waals surface area (Å²) in [7, 11) is 3.51. The highest BCUT2D eigenvalue weighted by Crippen LogP contribution is 2.11. The van der Waals surface area contributed by atoms with Gasteiger partial charge in [-0.3, -0.25) is 14.5 Å². The standard InChI is InChI=1S/C19H23N3O2/c1-14(18(23)21-17-7-5-4-6-8-17)22(3)13-15-9-11-16(12-10-15)19(24)20-2/h4-12,14H,13H2,1-3H3,(H,20,24)(H,21,23)/t14-/m1/s1. The second-order valence-electron chi connectivity index (χ2n) is 5.72. The number of hydrogen-bond acceptors (Lipinski definition) is 3. The summed E-state index contributed by atoms with van der Waals surface area (Å²) in [6, 6.07) is 16.5. The third-order valence-corrected chi connectivity index (χ3v) is 3.96. The summed E-state index contributed by atoms with van der Waals surface area (Å²) in [5.41, 5.74) is 2.46. The molecule has 0 aliphatic carbocycles. The molecule has 2 rings (SSSR count). The number of likely N-dealkylation sites (N-methyl/N-ethyl adjacent to an activating group) is 1. The van der Waals surface area contributed by atoms with Crippen LogP contribution in [0.4, 0.5) is 5.69 Å². The van der Waals surface area contributed by atoms with Crippen molar-refractivity contribution in [2.24, 2.45) is 0 Å². The molecule has 2 aromatic rings. The molecule has 5 nitrogen and oxygen atoms in total. The summed E-state index contributed by atoms with van der Waals surface area (Å²) < 4.78 is 0.